The fourth-order valence-electron chi connectivity index (χ4n) is 2.41. The van der Waals surface area contributed by atoms with Crippen LogP contribution in [-0.2, 0) is 0 Å². The highest BCUT2D eigenvalue weighted by Crippen LogP contribution is 2.28. The van der Waals surface area contributed by atoms with Crippen LogP contribution in [0.1, 0.15) is 12.8 Å². The third kappa shape index (κ3) is 4.26. The highest BCUT2D eigenvalue weighted by molar-refractivity contribution is 5.91. The fourth-order valence-corrected chi connectivity index (χ4v) is 2.41. The number of ether oxygens (including phenoxy) is 2. The number of anilines is 1. The van der Waals surface area contributed by atoms with E-state index in [4.69, 9.17) is 9.47 Å². The van der Waals surface area contributed by atoms with Crippen LogP contribution >= 0.6 is 0 Å². The first-order valence-electron chi connectivity index (χ1n) is 7.10. The number of hydrogen-bond acceptors (Lipinski definition) is 4. The molecule has 2 rings (SSSR count). The summed E-state index contributed by atoms with van der Waals surface area (Å²) in [6, 6.07) is 5.31. The molecule has 1 fully saturated rings. The summed E-state index contributed by atoms with van der Waals surface area (Å²) in [7, 11) is 5.25. The standard InChI is InChI=1S/C15H23N3O3/c1-18-8-6-11(7-9-18)16-15(19)17-13-10-12(20-2)4-5-14(13)21-3/h4-5,10-11H,6-9H2,1-3H3,(H2,16,17,19). The molecule has 1 aliphatic heterocycles. The van der Waals surface area contributed by atoms with Gasteiger partial charge in [-0.2, -0.15) is 0 Å². The van der Waals surface area contributed by atoms with E-state index in [1.165, 1.54) is 0 Å². The molecule has 0 radical (unpaired) electrons. The smallest absolute Gasteiger partial charge is 0.319 e. The second kappa shape index (κ2) is 7.17. The van der Waals surface area contributed by atoms with E-state index < -0.39 is 0 Å². The second-order valence-electron chi connectivity index (χ2n) is 5.24. The van der Waals surface area contributed by atoms with Crippen LogP contribution in [0.15, 0.2) is 18.2 Å². The van der Waals surface area contributed by atoms with Crippen LogP contribution in [-0.4, -0.2) is 51.3 Å². The van der Waals surface area contributed by atoms with E-state index in [-0.39, 0.29) is 12.1 Å². The van der Waals surface area contributed by atoms with Gasteiger partial charge in [-0.05, 0) is 45.1 Å². The Kier molecular flexibility index (Phi) is 5.27. The number of rotatable bonds is 4. The van der Waals surface area contributed by atoms with Crippen molar-refractivity contribution in [1.82, 2.24) is 10.2 Å². The van der Waals surface area contributed by atoms with E-state index >= 15 is 0 Å². The number of piperidine rings is 1. The quantitative estimate of drug-likeness (QED) is 0.890. The topological polar surface area (TPSA) is 62.8 Å². The number of benzene rings is 1. The van der Waals surface area contributed by atoms with Crippen molar-refractivity contribution in [2.24, 2.45) is 0 Å². The monoisotopic (exact) mass is 293 g/mol. The molecular formula is C15H23N3O3. The molecule has 1 heterocycles. The van der Waals surface area contributed by atoms with Crippen LogP contribution in [0.4, 0.5) is 10.5 Å². The van der Waals surface area contributed by atoms with Crippen LogP contribution in [0.2, 0.25) is 0 Å². The van der Waals surface area contributed by atoms with Gasteiger partial charge in [0.25, 0.3) is 0 Å². The summed E-state index contributed by atoms with van der Waals surface area (Å²) in [5.74, 6) is 1.28. The third-order valence-electron chi connectivity index (χ3n) is 3.71. The maximum Gasteiger partial charge on any atom is 0.319 e. The Labute approximate surface area is 125 Å². The lowest BCUT2D eigenvalue weighted by atomic mass is 10.1. The lowest BCUT2D eigenvalue weighted by molar-refractivity contribution is 0.221. The third-order valence-corrected chi connectivity index (χ3v) is 3.71. The minimum Gasteiger partial charge on any atom is -0.497 e. The first kappa shape index (κ1) is 15.4. The van der Waals surface area contributed by atoms with Gasteiger partial charge in [0.15, 0.2) is 0 Å². The van der Waals surface area contributed by atoms with Crippen LogP contribution in [0.3, 0.4) is 0 Å². The number of carbonyl (C=O) groups is 1. The SMILES string of the molecule is COc1ccc(OC)c(NC(=O)NC2CCN(C)CC2)c1. The predicted octanol–water partition coefficient (Wildman–Crippen LogP) is 1.92. The molecule has 6 heteroatoms. The number of likely N-dealkylation sites (tertiary alicyclic amines) is 1. The van der Waals surface area contributed by atoms with Crippen molar-refractivity contribution in [2.45, 2.75) is 18.9 Å². The minimum atomic E-state index is -0.212. The van der Waals surface area contributed by atoms with Crippen molar-refractivity contribution in [3.05, 3.63) is 18.2 Å². The van der Waals surface area contributed by atoms with Crippen molar-refractivity contribution < 1.29 is 14.3 Å². The molecular weight excluding hydrogens is 270 g/mol. The van der Waals surface area contributed by atoms with E-state index in [1.54, 1.807) is 32.4 Å². The minimum absolute atomic E-state index is 0.212. The zero-order chi connectivity index (χ0) is 15.2. The second-order valence-corrected chi connectivity index (χ2v) is 5.24. The number of nitrogens with zero attached hydrogens (tertiary/aromatic N) is 1. The Balaban J connectivity index is 1.95. The molecule has 0 spiro atoms. The van der Waals surface area contributed by atoms with Gasteiger partial charge in [0, 0.05) is 12.1 Å². The average molecular weight is 293 g/mol. The molecule has 116 valence electrons. The highest BCUT2D eigenvalue weighted by atomic mass is 16.5. The van der Waals surface area contributed by atoms with Gasteiger partial charge in [0.1, 0.15) is 11.5 Å². The number of amides is 2. The van der Waals surface area contributed by atoms with Crippen LogP contribution in [0.25, 0.3) is 0 Å². The molecule has 21 heavy (non-hydrogen) atoms. The summed E-state index contributed by atoms with van der Waals surface area (Å²) < 4.78 is 10.4. The Bertz CT molecular complexity index is 485. The maximum atomic E-state index is 12.1. The zero-order valence-corrected chi connectivity index (χ0v) is 12.8. The Morgan fingerprint density at radius 1 is 1.24 bits per heavy atom. The van der Waals surface area contributed by atoms with Gasteiger partial charge in [-0.1, -0.05) is 0 Å². The van der Waals surface area contributed by atoms with Crippen molar-refractivity contribution in [2.75, 3.05) is 39.7 Å². The van der Waals surface area contributed by atoms with Gasteiger partial charge >= 0.3 is 6.03 Å². The Hall–Kier alpha value is -1.95. The van der Waals surface area contributed by atoms with Crippen molar-refractivity contribution >= 4 is 11.7 Å². The van der Waals surface area contributed by atoms with E-state index in [2.05, 4.69) is 22.6 Å². The number of methoxy groups -OCH3 is 2. The van der Waals surface area contributed by atoms with E-state index in [9.17, 15) is 4.79 Å². The summed E-state index contributed by atoms with van der Waals surface area (Å²) in [5, 5.41) is 5.83. The zero-order valence-electron chi connectivity index (χ0n) is 12.8. The van der Waals surface area contributed by atoms with Gasteiger partial charge < -0.3 is 25.0 Å². The molecule has 0 aromatic heterocycles. The van der Waals surface area contributed by atoms with Crippen molar-refractivity contribution in [1.29, 1.82) is 0 Å². The summed E-state index contributed by atoms with van der Waals surface area (Å²) in [6.07, 6.45) is 1.94. The predicted molar refractivity (Wildman–Crippen MR) is 82.2 cm³/mol. The highest BCUT2D eigenvalue weighted by Gasteiger charge is 2.19. The maximum absolute atomic E-state index is 12.1. The van der Waals surface area contributed by atoms with Gasteiger partial charge in [-0.25, -0.2) is 4.79 Å². The van der Waals surface area contributed by atoms with Gasteiger partial charge in [-0.3, -0.25) is 0 Å². The lowest BCUT2D eigenvalue weighted by Gasteiger charge is -2.29. The van der Waals surface area contributed by atoms with Crippen LogP contribution < -0.4 is 20.1 Å². The molecule has 0 atom stereocenters. The molecule has 0 saturated carbocycles. The molecule has 2 amide bonds. The molecule has 1 aromatic rings. The number of carbonyl (C=O) groups excluding carboxylic acids is 1. The first-order chi connectivity index (χ1) is 10.1. The number of urea groups is 1. The largest absolute Gasteiger partial charge is 0.497 e. The molecule has 0 unspecified atom stereocenters. The molecule has 1 aromatic carbocycles. The van der Waals surface area contributed by atoms with E-state index in [1.807, 2.05) is 0 Å². The van der Waals surface area contributed by atoms with Gasteiger partial charge in [-0.15, -0.1) is 0 Å². The van der Waals surface area contributed by atoms with E-state index in [0.29, 0.717) is 17.2 Å². The Morgan fingerprint density at radius 2 is 1.95 bits per heavy atom. The molecule has 0 aliphatic carbocycles. The Morgan fingerprint density at radius 3 is 2.57 bits per heavy atom. The van der Waals surface area contributed by atoms with Crippen LogP contribution in [0.5, 0.6) is 11.5 Å². The molecule has 1 saturated heterocycles. The molecule has 1 aliphatic rings. The number of hydrogen-bond donors (Lipinski definition) is 2. The normalized spacial score (nSPS) is 16.3. The molecule has 6 nitrogen and oxygen atoms in total. The summed E-state index contributed by atoms with van der Waals surface area (Å²) in [4.78, 5) is 14.4. The summed E-state index contributed by atoms with van der Waals surface area (Å²) >= 11 is 0. The average Bonchev–Trinajstić information content (AvgIpc) is 2.49. The van der Waals surface area contributed by atoms with E-state index in [0.717, 1.165) is 25.9 Å². The lowest BCUT2D eigenvalue weighted by Crippen LogP contribution is -2.44. The van der Waals surface area contributed by atoms with Gasteiger partial charge in [0.2, 0.25) is 0 Å². The van der Waals surface area contributed by atoms with Crippen LogP contribution in [0, 0.1) is 0 Å². The fraction of sp³-hybridized carbons (Fsp3) is 0.533. The van der Waals surface area contributed by atoms with Crippen molar-refractivity contribution in [3.8, 4) is 11.5 Å². The number of nitrogens with one attached hydrogen (secondary N) is 2. The first-order valence-corrected chi connectivity index (χ1v) is 7.10. The van der Waals surface area contributed by atoms with Gasteiger partial charge in [0.05, 0.1) is 19.9 Å². The molecule has 2 N–H and O–H groups in total. The summed E-state index contributed by atoms with van der Waals surface area (Å²) in [5.41, 5.74) is 0.599. The summed E-state index contributed by atoms with van der Waals surface area (Å²) in [6.45, 7) is 2.01. The van der Waals surface area contributed by atoms with Crippen molar-refractivity contribution in [3.63, 3.8) is 0 Å². The molecule has 0 bridgehead atoms.